The van der Waals surface area contributed by atoms with E-state index in [4.69, 9.17) is 4.74 Å². The number of rotatable bonds is 1. The molecule has 0 saturated heterocycles. The van der Waals surface area contributed by atoms with Gasteiger partial charge in [0.25, 0.3) is 0 Å². The lowest BCUT2D eigenvalue weighted by Gasteiger charge is -2.27. The normalized spacial score (nSPS) is 25.0. The number of azo groups is 1. The molecule has 0 radical (unpaired) electrons. The van der Waals surface area contributed by atoms with Crippen LogP contribution in [-0.4, -0.2) is 12.8 Å². The molecule has 0 spiro atoms. The molecular weight excluding hydrogens is 272 g/mol. The molecule has 1 heterocycles. The van der Waals surface area contributed by atoms with Crippen molar-refractivity contribution >= 4 is 17.5 Å². The maximum absolute atomic E-state index is 12.2. The zero-order chi connectivity index (χ0) is 15.1. The lowest BCUT2D eigenvalue weighted by atomic mass is 9.79. The van der Waals surface area contributed by atoms with Crippen molar-refractivity contribution in [1.29, 1.82) is 0 Å². The van der Waals surface area contributed by atoms with Crippen LogP contribution in [0.4, 0.5) is 0 Å². The molecule has 0 aromatic rings. The Bertz CT molecular complexity index is 537. The highest BCUT2D eigenvalue weighted by atomic mass is 32.2. The molecule has 1 aliphatic carbocycles. The maximum Gasteiger partial charge on any atom is 0.189 e. The molecule has 4 nitrogen and oxygen atoms in total. The summed E-state index contributed by atoms with van der Waals surface area (Å²) >= 11 is 1.41. The van der Waals surface area contributed by atoms with Gasteiger partial charge in [-0.1, -0.05) is 34.6 Å². The molecule has 0 aromatic carbocycles. The summed E-state index contributed by atoms with van der Waals surface area (Å²) in [6.07, 6.45) is 1.38. The Morgan fingerprint density at radius 3 is 2.50 bits per heavy atom. The second-order valence-electron chi connectivity index (χ2n) is 7.08. The summed E-state index contributed by atoms with van der Waals surface area (Å²) in [5.41, 5.74) is 0.597. The summed E-state index contributed by atoms with van der Waals surface area (Å²) in [6.45, 7) is 10.4. The fraction of sp³-hybridized carbons (Fsp3) is 0.667. The maximum atomic E-state index is 12.2. The van der Waals surface area contributed by atoms with Crippen molar-refractivity contribution in [2.24, 2.45) is 21.1 Å². The van der Waals surface area contributed by atoms with Gasteiger partial charge in [-0.15, -0.1) is 0 Å². The van der Waals surface area contributed by atoms with Crippen LogP contribution in [-0.2, 0) is 9.53 Å². The van der Waals surface area contributed by atoms with Crippen LogP contribution in [0.1, 0.15) is 47.5 Å². The molecule has 0 N–H and O–H groups in total. The van der Waals surface area contributed by atoms with E-state index in [1.807, 2.05) is 0 Å². The number of hydrogen-bond acceptors (Lipinski definition) is 5. The third-order valence-electron chi connectivity index (χ3n) is 3.30. The van der Waals surface area contributed by atoms with Gasteiger partial charge < -0.3 is 4.74 Å². The molecule has 0 saturated carbocycles. The summed E-state index contributed by atoms with van der Waals surface area (Å²) in [5, 5.41) is 8.81. The van der Waals surface area contributed by atoms with Gasteiger partial charge in [-0.3, -0.25) is 4.79 Å². The first-order chi connectivity index (χ1) is 9.14. The van der Waals surface area contributed by atoms with E-state index in [0.29, 0.717) is 11.5 Å². The fourth-order valence-electron chi connectivity index (χ4n) is 2.36. The number of hydrogen-bond donors (Lipinski definition) is 0. The lowest BCUT2D eigenvalue weighted by molar-refractivity contribution is -0.117. The van der Waals surface area contributed by atoms with Crippen molar-refractivity contribution in [2.45, 2.75) is 47.5 Å². The van der Waals surface area contributed by atoms with E-state index in [-0.39, 0.29) is 16.6 Å². The van der Waals surface area contributed by atoms with Gasteiger partial charge >= 0.3 is 0 Å². The van der Waals surface area contributed by atoms with E-state index in [1.54, 1.807) is 7.05 Å². The quantitative estimate of drug-likeness (QED) is 0.661. The average Bonchev–Trinajstić information content (AvgIpc) is 2.65. The van der Waals surface area contributed by atoms with E-state index in [1.165, 1.54) is 11.8 Å². The zero-order valence-corrected chi connectivity index (χ0v) is 13.8. The van der Waals surface area contributed by atoms with Gasteiger partial charge in [-0.25, -0.2) is 0 Å². The summed E-state index contributed by atoms with van der Waals surface area (Å²) < 4.78 is 5.96. The third kappa shape index (κ3) is 2.97. The minimum Gasteiger partial charge on any atom is -0.451 e. The molecule has 1 aliphatic heterocycles. The third-order valence-corrected chi connectivity index (χ3v) is 4.42. The van der Waals surface area contributed by atoms with Gasteiger partial charge in [0.05, 0.1) is 4.91 Å². The van der Waals surface area contributed by atoms with Gasteiger partial charge in [-0.2, -0.15) is 10.2 Å². The minimum atomic E-state index is -0.172. The Morgan fingerprint density at radius 2 is 1.95 bits per heavy atom. The lowest BCUT2D eigenvalue weighted by Crippen LogP contribution is -2.23. The Labute approximate surface area is 124 Å². The van der Waals surface area contributed by atoms with Crippen molar-refractivity contribution in [3.8, 4) is 0 Å². The largest absolute Gasteiger partial charge is 0.451 e. The van der Waals surface area contributed by atoms with Crippen molar-refractivity contribution < 1.29 is 9.53 Å². The smallest absolute Gasteiger partial charge is 0.189 e. The van der Waals surface area contributed by atoms with Gasteiger partial charge in [0.2, 0.25) is 0 Å². The first-order valence-electron chi connectivity index (χ1n) is 6.81. The molecule has 2 aliphatic rings. The van der Waals surface area contributed by atoms with E-state index in [2.05, 4.69) is 44.8 Å². The van der Waals surface area contributed by atoms with Crippen molar-refractivity contribution in [2.75, 3.05) is 7.05 Å². The molecule has 0 unspecified atom stereocenters. The molecule has 110 valence electrons. The van der Waals surface area contributed by atoms with Crippen LogP contribution in [0.15, 0.2) is 31.7 Å². The van der Waals surface area contributed by atoms with Gasteiger partial charge in [-0.05, 0) is 17.2 Å². The molecule has 2 rings (SSSR count). The molecular formula is C15H22N2O2S. The van der Waals surface area contributed by atoms with Crippen LogP contribution in [0.25, 0.3) is 0 Å². The predicted molar refractivity (Wildman–Crippen MR) is 81.0 cm³/mol. The summed E-state index contributed by atoms with van der Waals surface area (Å²) in [6, 6.07) is 0. The van der Waals surface area contributed by atoms with Crippen LogP contribution >= 0.6 is 11.8 Å². The summed E-state index contributed by atoms with van der Waals surface area (Å²) in [5.74, 6) is 0.984. The van der Waals surface area contributed by atoms with Crippen LogP contribution in [0.5, 0.6) is 0 Å². The Kier molecular flexibility index (Phi) is 3.84. The van der Waals surface area contributed by atoms with Crippen LogP contribution in [0.3, 0.4) is 0 Å². The standard InChI is InChI=1S/C15H22N2O2S/c1-14(2,3)12(17-16-6)13-19-10-8-15(4,5)7-9(18)11(10)20-13/h7-8H2,1-6H3/b13-12-,17-16?. The van der Waals surface area contributed by atoms with Crippen molar-refractivity contribution in [3.63, 3.8) is 0 Å². The summed E-state index contributed by atoms with van der Waals surface area (Å²) in [4.78, 5) is 13.0. The molecule has 0 fully saturated rings. The van der Waals surface area contributed by atoms with Gasteiger partial charge in [0.1, 0.15) is 11.5 Å². The van der Waals surface area contributed by atoms with E-state index in [0.717, 1.165) is 22.8 Å². The molecule has 0 bridgehead atoms. The monoisotopic (exact) mass is 294 g/mol. The summed E-state index contributed by atoms with van der Waals surface area (Å²) in [7, 11) is 1.65. The number of nitrogens with zero attached hydrogens (tertiary/aromatic N) is 2. The first kappa shape index (κ1) is 15.3. The zero-order valence-electron chi connectivity index (χ0n) is 13.0. The van der Waals surface area contributed by atoms with E-state index in [9.17, 15) is 4.79 Å². The van der Waals surface area contributed by atoms with Crippen molar-refractivity contribution in [3.05, 3.63) is 21.5 Å². The van der Waals surface area contributed by atoms with E-state index >= 15 is 0 Å². The molecule has 0 atom stereocenters. The number of carbonyl (C=O) groups is 1. The number of ether oxygens (including phenoxy) is 1. The van der Waals surface area contributed by atoms with Crippen molar-refractivity contribution in [1.82, 2.24) is 0 Å². The topological polar surface area (TPSA) is 51.0 Å². The van der Waals surface area contributed by atoms with Crippen LogP contribution in [0.2, 0.25) is 0 Å². The Hall–Kier alpha value is -1.10. The number of allylic oxidation sites excluding steroid dienone is 3. The van der Waals surface area contributed by atoms with E-state index < -0.39 is 0 Å². The average molecular weight is 294 g/mol. The first-order valence-corrected chi connectivity index (χ1v) is 7.62. The number of thioether (sulfide) groups is 1. The second kappa shape index (κ2) is 5.02. The second-order valence-corrected chi connectivity index (χ2v) is 8.07. The fourth-order valence-corrected chi connectivity index (χ4v) is 3.55. The molecule has 20 heavy (non-hydrogen) atoms. The minimum absolute atomic E-state index is 0.0277. The highest BCUT2D eigenvalue weighted by Crippen LogP contribution is 2.51. The number of ketones is 1. The Morgan fingerprint density at radius 1 is 1.30 bits per heavy atom. The Balaban J connectivity index is 2.37. The highest BCUT2D eigenvalue weighted by Gasteiger charge is 2.40. The predicted octanol–water partition coefficient (Wildman–Crippen LogP) is 4.65. The molecule has 5 heteroatoms. The van der Waals surface area contributed by atoms with Gasteiger partial charge in [0, 0.05) is 25.3 Å². The highest BCUT2D eigenvalue weighted by molar-refractivity contribution is 8.07. The van der Waals surface area contributed by atoms with Crippen LogP contribution in [0, 0.1) is 10.8 Å². The molecule has 0 aromatic heterocycles. The number of carbonyl (C=O) groups excluding carboxylic acids is 1. The van der Waals surface area contributed by atoms with Gasteiger partial charge in [0.15, 0.2) is 10.9 Å². The SMILES string of the molecule is CN=N/C(=C1/OC2=C(S1)C(=O)CC(C)(C)C2)C(C)(C)C. The molecule has 0 amide bonds. The van der Waals surface area contributed by atoms with Crippen LogP contribution < -0.4 is 0 Å². The number of Topliss-reactive ketones (excluding diaryl/α,β-unsaturated/α-hetero) is 1.